The molecule has 0 fully saturated rings. The maximum atomic E-state index is 12.2. The summed E-state index contributed by atoms with van der Waals surface area (Å²) in [4.78, 5) is 23.3. The highest BCUT2D eigenvalue weighted by Crippen LogP contribution is 2.38. The Morgan fingerprint density at radius 3 is 1.55 bits per heavy atom. The third kappa shape index (κ3) is 9.67. The molecule has 4 aromatic rings. The number of nitrogen functional groups attached to an aromatic ring is 2. The molecule has 0 saturated heterocycles. The fourth-order valence-electron chi connectivity index (χ4n) is 5.58. The number of anilines is 2. The van der Waals surface area contributed by atoms with Gasteiger partial charge in [-0.1, -0.05) is 45.5 Å². The number of aromatic carboxylic acids is 2. The number of carboxylic acids is 2. The lowest BCUT2D eigenvalue weighted by atomic mass is 9.81. The van der Waals surface area contributed by atoms with Crippen molar-refractivity contribution < 1.29 is 28.2 Å². The topological polar surface area (TPSA) is 161 Å². The lowest BCUT2D eigenvalue weighted by molar-refractivity contribution is 0.0687. The summed E-state index contributed by atoms with van der Waals surface area (Å²) in [5, 5.41) is 17.6. The van der Waals surface area contributed by atoms with Gasteiger partial charge >= 0.3 is 11.9 Å². The highest BCUT2D eigenvalue weighted by molar-refractivity contribution is 14.1. The van der Waals surface area contributed by atoms with E-state index in [0.717, 1.165) is 54.2 Å². The van der Waals surface area contributed by atoms with Gasteiger partial charge in [0.25, 0.3) is 0 Å². The van der Waals surface area contributed by atoms with Gasteiger partial charge in [-0.3, -0.25) is 8.42 Å². The zero-order valence-corrected chi connectivity index (χ0v) is 32.5. The minimum Gasteiger partial charge on any atom is -0.478 e. The third-order valence-electron chi connectivity index (χ3n) is 8.78. The Bertz CT molecular complexity index is 2180. The molecule has 0 bridgehead atoms. The van der Waals surface area contributed by atoms with Gasteiger partial charge in [0.15, 0.2) is 0 Å². The summed E-state index contributed by atoms with van der Waals surface area (Å²) in [6.07, 6.45) is 7.22. The standard InChI is InChI=1S/C20H19NO3S.C13H14OS.C7H6INO2/c1-20(2)9-10-25(24)18-8-6-13(11-16(18)20)3-4-14-5-7-15(19(22)23)17(21)12-14;1-4-10-5-6-12-11(9-10)13(2,3)7-8-15(12)14;8-4-1-2-5(7(10)11)6(9)3-4/h5-8,11-12H,9-10,21H2,1-2H3,(H,22,23);1,5-6,9H,7-8H2,2-3H3;1-3H,9H2,(H,10,11). The summed E-state index contributed by atoms with van der Waals surface area (Å²) in [5.74, 6) is 8.15. The van der Waals surface area contributed by atoms with Gasteiger partial charge in [-0.05, 0) is 130 Å². The molecule has 2 aliphatic rings. The van der Waals surface area contributed by atoms with Crippen molar-refractivity contribution in [3.05, 3.63) is 115 Å². The molecule has 264 valence electrons. The summed E-state index contributed by atoms with van der Waals surface area (Å²) < 4.78 is 25.0. The van der Waals surface area contributed by atoms with Crippen LogP contribution in [0.2, 0.25) is 0 Å². The summed E-state index contributed by atoms with van der Waals surface area (Å²) in [7, 11) is -1.78. The number of benzene rings is 4. The van der Waals surface area contributed by atoms with Crippen LogP contribution in [0.4, 0.5) is 11.4 Å². The van der Waals surface area contributed by atoms with Crippen molar-refractivity contribution in [3.63, 3.8) is 0 Å². The molecule has 0 amide bonds. The maximum Gasteiger partial charge on any atom is 0.337 e. The van der Waals surface area contributed by atoms with Crippen LogP contribution >= 0.6 is 22.6 Å². The molecule has 2 atom stereocenters. The van der Waals surface area contributed by atoms with Gasteiger partial charge < -0.3 is 21.7 Å². The van der Waals surface area contributed by atoms with E-state index in [4.69, 9.17) is 28.1 Å². The highest BCUT2D eigenvalue weighted by Gasteiger charge is 2.32. The largest absolute Gasteiger partial charge is 0.478 e. The van der Waals surface area contributed by atoms with E-state index in [1.165, 1.54) is 12.1 Å². The van der Waals surface area contributed by atoms with E-state index >= 15 is 0 Å². The number of carboxylic acid groups (broad SMARTS) is 2. The number of halogens is 1. The molecule has 2 unspecified atom stereocenters. The van der Waals surface area contributed by atoms with Crippen molar-refractivity contribution in [1.29, 1.82) is 0 Å². The second kappa shape index (κ2) is 16.3. The zero-order valence-electron chi connectivity index (χ0n) is 28.7. The van der Waals surface area contributed by atoms with Crippen molar-refractivity contribution in [2.45, 2.75) is 61.2 Å². The number of hydrogen-bond acceptors (Lipinski definition) is 6. The van der Waals surface area contributed by atoms with E-state index in [0.29, 0.717) is 17.0 Å². The number of hydrogen-bond donors (Lipinski definition) is 4. The monoisotopic (exact) mass is 834 g/mol. The second-order valence-electron chi connectivity index (χ2n) is 13.3. The SMILES string of the molecule is C#Cc1ccc2c(c1)C(C)(C)CCS2=O.CC1(C)CCS(=O)c2ccc(C#Cc3ccc(C(=O)O)c(N)c3)cc21.Nc1cc(I)ccc1C(=O)O. The molecule has 0 spiro atoms. The van der Waals surface area contributed by atoms with E-state index in [9.17, 15) is 18.0 Å². The summed E-state index contributed by atoms with van der Waals surface area (Å²) in [5.41, 5.74) is 16.6. The molecule has 6 N–H and O–H groups in total. The Morgan fingerprint density at radius 1 is 0.686 bits per heavy atom. The van der Waals surface area contributed by atoms with E-state index in [2.05, 4.69) is 68.0 Å². The van der Waals surface area contributed by atoms with Crippen LogP contribution in [-0.2, 0) is 32.4 Å². The van der Waals surface area contributed by atoms with Gasteiger partial charge in [-0.15, -0.1) is 6.42 Å². The van der Waals surface area contributed by atoms with E-state index in [1.807, 2.05) is 36.4 Å². The van der Waals surface area contributed by atoms with E-state index < -0.39 is 33.5 Å². The third-order valence-corrected chi connectivity index (χ3v) is 12.3. The lowest BCUT2D eigenvalue weighted by Gasteiger charge is -2.31. The van der Waals surface area contributed by atoms with Crippen LogP contribution in [0, 0.1) is 27.8 Å². The maximum absolute atomic E-state index is 12.2. The average Bonchev–Trinajstić information content (AvgIpc) is 3.07. The van der Waals surface area contributed by atoms with Gasteiger partial charge in [0.1, 0.15) is 0 Å². The number of carbonyl (C=O) groups is 2. The Kier molecular flexibility index (Phi) is 12.6. The van der Waals surface area contributed by atoms with Crippen LogP contribution in [0.3, 0.4) is 0 Å². The van der Waals surface area contributed by atoms with Crippen molar-refractivity contribution in [2.24, 2.45) is 0 Å². The first-order valence-electron chi connectivity index (χ1n) is 15.9. The van der Waals surface area contributed by atoms with Crippen molar-refractivity contribution in [2.75, 3.05) is 23.0 Å². The summed E-state index contributed by atoms with van der Waals surface area (Å²) >= 11 is 2.07. The van der Waals surface area contributed by atoms with Gasteiger partial charge in [0.2, 0.25) is 0 Å². The number of nitrogens with two attached hydrogens (primary N) is 2. The van der Waals surface area contributed by atoms with Crippen LogP contribution in [0.25, 0.3) is 0 Å². The minimum atomic E-state index is -1.05. The average molecular weight is 835 g/mol. The molecule has 11 heteroatoms. The Hall–Kier alpha value is -4.43. The van der Waals surface area contributed by atoms with Crippen LogP contribution in [0.5, 0.6) is 0 Å². The fraction of sp³-hybridized carbons (Fsp3) is 0.250. The van der Waals surface area contributed by atoms with Crippen molar-refractivity contribution in [3.8, 4) is 24.2 Å². The zero-order chi connectivity index (χ0) is 37.7. The molecule has 6 rings (SSSR count). The molecule has 2 heterocycles. The Morgan fingerprint density at radius 2 is 1.10 bits per heavy atom. The molecule has 4 aromatic carbocycles. The van der Waals surface area contributed by atoms with E-state index in [-0.39, 0.29) is 27.6 Å². The first-order chi connectivity index (χ1) is 23.9. The first-order valence-corrected chi connectivity index (χ1v) is 19.6. The predicted octanol–water partition coefficient (Wildman–Crippen LogP) is 7.18. The quantitative estimate of drug-likeness (QED) is 0.0939. The summed E-state index contributed by atoms with van der Waals surface area (Å²) in [6.45, 7) is 8.68. The van der Waals surface area contributed by atoms with Crippen molar-refractivity contribution >= 4 is 67.5 Å². The molecular weight excluding hydrogens is 795 g/mol. The molecule has 0 aromatic heterocycles. The van der Waals surface area contributed by atoms with E-state index in [1.54, 1.807) is 24.3 Å². The number of fused-ring (bicyclic) bond motifs is 2. The molecule has 0 saturated carbocycles. The van der Waals surface area contributed by atoms with Crippen LogP contribution < -0.4 is 11.5 Å². The number of rotatable bonds is 2. The van der Waals surface area contributed by atoms with Gasteiger partial charge in [-0.2, -0.15) is 0 Å². The predicted molar refractivity (Wildman–Crippen MR) is 213 cm³/mol. The van der Waals surface area contributed by atoms with Crippen LogP contribution in [0.1, 0.15) is 89.1 Å². The van der Waals surface area contributed by atoms with Crippen LogP contribution in [0.15, 0.2) is 82.6 Å². The van der Waals surface area contributed by atoms with Gasteiger partial charge in [0, 0.05) is 52.9 Å². The molecule has 0 aliphatic carbocycles. The Labute approximate surface area is 317 Å². The molecule has 8 nitrogen and oxygen atoms in total. The van der Waals surface area contributed by atoms with Crippen molar-refractivity contribution in [1.82, 2.24) is 0 Å². The Balaban J connectivity index is 0.000000190. The molecule has 2 aliphatic heterocycles. The fourth-order valence-corrected chi connectivity index (χ4v) is 9.52. The minimum absolute atomic E-state index is 0.0193. The normalized spacial score (nSPS) is 17.6. The molecular formula is C40H39IN2O6S2. The highest BCUT2D eigenvalue weighted by atomic mass is 127. The lowest BCUT2D eigenvalue weighted by Crippen LogP contribution is -2.27. The smallest absolute Gasteiger partial charge is 0.337 e. The molecule has 51 heavy (non-hydrogen) atoms. The first kappa shape index (κ1) is 39.4. The molecule has 0 radical (unpaired) electrons. The van der Waals surface area contributed by atoms with Gasteiger partial charge in [-0.25, -0.2) is 9.59 Å². The second-order valence-corrected chi connectivity index (χ2v) is 17.7. The summed E-state index contributed by atoms with van der Waals surface area (Å²) in [6, 6.07) is 21.1. The number of terminal acetylenes is 1. The van der Waals surface area contributed by atoms with Crippen LogP contribution in [-0.4, -0.2) is 42.1 Å². The van der Waals surface area contributed by atoms with Gasteiger partial charge in [0.05, 0.1) is 32.7 Å².